The molecule has 1 amide bonds. The molecule has 1 aromatic carbocycles. The summed E-state index contributed by atoms with van der Waals surface area (Å²) >= 11 is 0. The average Bonchev–Trinajstić information content (AvgIpc) is 3.17. The second-order valence-electron chi connectivity index (χ2n) is 6.68. The zero-order valence-electron chi connectivity index (χ0n) is 16.6. The van der Waals surface area contributed by atoms with E-state index in [4.69, 9.17) is 10.5 Å². The van der Waals surface area contributed by atoms with Crippen molar-refractivity contribution >= 4 is 11.7 Å². The standard InChI is InChI=1S/C20H25N7O2/c1-14-23-11-16(19(21)24-14)12-27-13-17(25-26-27)7-3-4-9-22-20(28)15-6-5-8-18(10-15)29-2/h5-6,8,10-11,13H,3-4,7,9,12H2,1-2H3,(H,22,28)(H2,21,23,24). The van der Waals surface area contributed by atoms with Crippen molar-refractivity contribution in [2.75, 3.05) is 19.4 Å². The lowest BCUT2D eigenvalue weighted by atomic mass is 10.2. The minimum Gasteiger partial charge on any atom is -0.497 e. The van der Waals surface area contributed by atoms with Crippen LogP contribution in [0.3, 0.4) is 0 Å². The molecule has 0 atom stereocenters. The van der Waals surface area contributed by atoms with Gasteiger partial charge in [0.15, 0.2) is 0 Å². The summed E-state index contributed by atoms with van der Waals surface area (Å²) in [6, 6.07) is 7.10. The molecule has 3 aromatic rings. The number of hydrogen-bond acceptors (Lipinski definition) is 7. The lowest BCUT2D eigenvalue weighted by molar-refractivity contribution is 0.0952. The summed E-state index contributed by atoms with van der Waals surface area (Å²) in [4.78, 5) is 20.5. The monoisotopic (exact) mass is 395 g/mol. The van der Waals surface area contributed by atoms with Gasteiger partial charge in [-0.2, -0.15) is 0 Å². The van der Waals surface area contributed by atoms with Crippen LogP contribution in [0.25, 0.3) is 0 Å². The second-order valence-corrected chi connectivity index (χ2v) is 6.68. The first-order valence-corrected chi connectivity index (χ1v) is 9.44. The molecule has 0 unspecified atom stereocenters. The van der Waals surface area contributed by atoms with E-state index in [9.17, 15) is 4.79 Å². The van der Waals surface area contributed by atoms with Gasteiger partial charge in [0, 0.05) is 30.1 Å². The van der Waals surface area contributed by atoms with Gasteiger partial charge in [-0.25, -0.2) is 14.6 Å². The van der Waals surface area contributed by atoms with E-state index in [2.05, 4.69) is 25.6 Å². The average molecular weight is 395 g/mol. The molecule has 0 spiro atoms. The van der Waals surface area contributed by atoms with Gasteiger partial charge in [0.25, 0.3) is 5.91 Å². The summed E-state index contributed by atoms with van der Waals surface area (Å²) in [6.07, 6.45) is 6.14. The number of unbranched alkanes of at least 4 members (excludes halogenated alkanes) is 1. The first-order chi connectivity index (χ1) is 14.0. The second kappa shape index (κ2) is 9.63. The maximum atomic E-state index is 12.2. The number of nitrogen functional groups attached to an aromatic ring is 1. The van der Waals surface area contributed by atoms with Crippen LogP contribution in [0.15, 0.2) is 36.7 Å². The van der Waals surface area contributed by atoms with Crippen LogP contribution < -0.4 is 15.8 Å². The number of nitrogens with two attached hydrogens (primary N) is 1. The Hall–Kier alpha value is -3.49. The van der Waals surface area contributed by atoms with Crippen molar-refractivity contribution in [1.29, 1.82) is 0 Å². The number of rotatable bonds is 9. The zero-order valence-corrected chi connectivity index (χ0v) is 16.6. The van der Waals surface area contributed by atoms with Crippen LogP contribution in [-0.2, 0) is 13.0 Å². The van der Waals surface area contributed by atoms with Gasteiger partial charge >= 0.3 is 0 Å². The molecular formula is C20H25N7O2. The maximum absolute atomic E-state index is 12.2. The Bertz CT molecular complexity index is 971. The Labute approximate surface area is 169 Å². The van der Waals surface area contributed by atoms with E-state index in [0.29, 0.717) is 36.0 Å². The third kappa shape index (κ3) is 5.74. The van der Waals surface area contributed by atoms with Crippen molar-refractivity contribution in [3.8, 4) is 5.75 Å². The maximum Gasteiger partial charge on any atom is 0.251 e. The summed E-state index contributed by atoms with van der Waals surface area (Å²) in [5.41, 5.74) is 8.22. The lowest BCUT2D eigenvalue weighted by Gasteiger charge is -2.06. The number of benzene rings is 1. The van der Waals surface area contributed by atoms with Crippen LogP contribution >= 0.6 is 0 Å². The number of carbonyl (C=O) groups excluding carboxylic acids is 1. The van der Waals surface area contributed by atoms with Crippen LogP contribution in [0, 0.1) is 6.92 Å². The van der Waals surface area contributed by atoms with Crippen LogP contribution in [0.5, 0.6) is 5.75 Å². The molecule has 3 rings (SSSR count). The van der Waals surface area contributed by atoms with Crippen LogP contribution in [0.1, 0.15) is 40.3 Å². The highest BCUT2D eigenvalue weighted by molar-refractivity contribution is 5.94. The minimum atomic E-state index is -0.104. The number of aromatic nitrogens is 5. The fourth-order valence-corrected chi connectivity index (χ4v) is 2.84. The van der Waals surface area contributed by atoms with E-state index in [1.807, 2.05) is 12.3 Å². The van der Waals surface area contributed by atoms with Crippen molar-refractivity contribution < 1.29 is 9.53 Å². The summed E-state index contributed by atoms with van der Waals surface area (Å²) in [7, 11) is 1.58. The van der Waals surface area contributed by atoms with Gasteiger partial charge in [0.05, 0.1) is 19.3 Å². The first-order valence-electron chi connectivity index (χ1n) is 9.44. The SMILES string of the molecule is COc1cccc(C(=O)NCCCCc2cn(Cc3cnc(C)nc3N)nn2)c1. The molecule has 29 heavy (non-hydrogen) atoms. The zero-order chi connectivity index (χ0) is 20.6. The van der Waals surface area contributed by atoms with Crippen LogP contribution in [0.4, 0.5) is 5.82 Å². The van der Waals surface area contributed by atoms with Crippen molar-refractivity contribution in [1.82, 2.24) is 30.3 Å². The number of carbonyl (C=O) groups is 1. The Morgan fingerprint density at radius 3 is 2.97 bits per heavy atom. The number of nitrogens with zero attached hydrogens (tertiary/aromatic N) is 5. The van der Waals surface area contributed by atoms with Gasteiger partial charge in [0.1, 0.15) is 17.4 Å². The lowest BCUT2D eigenvalue weighted by Crippen LogP contribution is -2.24. The fraction of sp³-hybridized carbons (Fsp3) is 0.350. The van der Waals surface area contributed by atoms with Crippen molar-refractivity contribution in [3.63, 3.8) is 0 Å². The third-order valence-corrected chi connectivity index (χ3v) is 4.41. The van der Waals surface area contributed by atoms with Gasteiger partial charge < -0.3 is 15.8 Å². The summed E-state index contributed by atoms with van der Waals surface area (Å²) in [5, 5.41) is 11.2. The van der Waals surface area contributed by atoms with Crippen LogP contribution in [0.2, 0.25) is 0 Å². The smallest absolute Gasteiger partial charge is 0.251 e. The largest absolute Gasteiger partial charge is 0.497 e. The highest BCUT2D eigenvalue weighted by Crippen LogP contribution is 2.12. The van der Waals surface area contributed by atoms with E-state index in [0.717, 1.165) is 30.5 Å². The number of aryl methyl sites for hydroxylation is 2. The first kappa shape index (κ1) is 20.2. The summed E-state index contributed by atoms with van der Waals surface area (Å²) in [6.45, 7) is 2.88. The number of amides is 1. The molecule has 0 saturated carbocycles. The molecule has 0 bridgehead atoms. The molecule has 3 N–H and O–H groups in total. The molecule has 0 fully saturated rings. The van der Waals surface area contributed by atoms with Gasteiger partial charge in [-0.1, -0.05) is 11.3 Å². The summed E-state index contributed by atoms with van der Waals surface area (Å²) in [5.74, 6) is 1.66. The van der Waals surface area contributed by atoms with E-state index in [1.54, 1.807) is 43.1 Å². The van der Waals surface area contributed by atoms with Crippen LogP contribution in [-0.4, -0.2) is 44.5 Å². The predicted octanol–water partition coefficient (Wildman–Crippen LogP) is 1.77. The molecule has 0 aliphatic carbocycles. The molecule has 2 aromatic heterocycles. The Kier molecular flexibility index (Phi) is 6.72. The molecule has 152 valence electrons. The number of methoxy groups -OCH3 is 1. The Morgan fingerprint density at radius 2 is 2.17 bits per heavy atom. The Balaban J connectivity index is 1.40. The minimum absolute atomic E-state index is 0.104. The van der Waals surface area contributed by atoms with Gasteiger partial charge in [-0.15, -0.1) is 5.10 Å². The predicted molar refractivity (Wildman–Crippen MR) is 109 cm³/mol. The molecule has 0 radical (unpaired) electrons. The normalized spacial score (nSPS) is 10.7. The highest BCUT2D eigenvalue weighted by atomic mass is 16.5. The molecule has 2 heterocycles. The van der Waals surface area contributed by atoms with Gasteiger partial charge in [-0.05, 0) is 44.4 Å². The van der Waals surface area contributed by atoms with Gasteiger partial charge in [-0.3, -0.25) is 4.79 Å². The van der Waals surface area contributed by atoms with Crippen molar-refractivity contribution in [3.05, 3.63) is 59.3 Å². The number of ether oxygens (including phenoxy) is 1. The number of anilines is 1. The summed E-state index contributed by atoms with van der Waals surface area (Å²) < 4.78 is 6.87. The highest BCUT2D eigenvalue weighted by Gasteiger charge is 2.08. The van der Waals surface area contributed by atoms with E-state index < -0.39 is 0 Å². The molecule has 0 saturated heterocycles. The van der Waals surface area contributed by atoms with E-state index >= 15 is 0 Å². The quantitative estimate of drug-likeness (QED) is 0.530. The van der Waals surface area contributed by atoms with E-state index in [-0.39, 0.29) is 5.91 Å². The molecule has 0 aliphatic heterocycles. The fourth-order valence-electron chi connectivity index (χ4n) is 2.84. The molecule has 0 aliphatic rings. The molecular weight excluding hydrogens is 370 g/mol. The van der Waals surface area contributed by atoms with Gasteiger partial charge in [0.2, 0.25) is 0 Å². The van der Waals surface area contributed by atoms with E-state index in [1.165, 1.54) is 0 Å². The Morgan fingerprint density at radius 1 is 1.31 bits per heavy atom. The number of nitrogens with one attached hydrogen (secondary N) is 1. The third-order valence-electron chi connectivity index (χ3n) is 4.41. The number of hydrogen-bond donors (Lipinski definition) is 2. The molecule has 9 heteroatoms. The van der Waals surface area contributed by atoms with Crippen molar-refractivity contribution in [2.24, 2.45) is 0 Å². The molecule has 9 nitrogen and oxygen atoms in total. The topological polar surface area (TPSA) is 121 Å². The van der Waals surface area contributed by atoms with Crippen molar-refractivity contribution in [2.45, 2.75) is 32.7 Å².